The molecule has 1 aliphatic heterocycles. The van der Waals surface area contributed by atoms with Crippen molar-refractivity contribution >= 4 is 34.3 Å². The lowest BCUT2D eigenvalue weighted by Crippen LogP contribution is -2.46. The van der Waals surface area contributed by atoms with Gasteiger partial charge in [-0.25, -0.2) is 14.6 Å². The zero-order valence-electron chi connectivity index (χ0n) is 15.8. The molecule has 5 rings (SSSR count). The van der Waals surface area contributed by atoms with Crippen molar-refractivity contribution in [2.75, 3.05) is 36.0 Å². The van der Waals surface area contributed by atoms with Gasteiger partial charge >= 0.3 is 0 Å². The third-order valence-electron chi connectivity index (χ3n) is 5.26. The Morgan fingerprint density at radius 3 is 2.34 bits per heavy atom. The van der Waals surface area contributed by atoms with E-state index in [1.807, 2.05) is 30.3 Å². The molecule has 1 fully saturated rings. The molecule has 3 heterocycles. The number of halogens is 1. The highest BCUT2D eigenvalue weighted by Crippen LogP contribution is 2.24. The van der Waals surface area contributed by atoms with Crippen LogP contribution in [-0.4, -0.2) is 51.1 Å². The van der Waals surface area contributed by atoms with Crippen LogP contribution in [0.4, 0.5) is 11.5 Å². The number of aromatic nitrogens is 5. The van der Waals surface area contributed by atoms with Gasteiger partial charge in [0.15, 0.2) is 17.0 Å². The summed E-state index contributed by atoms with van der Waals surface area (Å²) >= 11 is 6.30. The van der Waals surface area contributed by atoms with Gasteiger partial charge < -0.3 is 9.80 Å². The van der Waals surface area contributed by atoms with Crippen molar-refractivity contribution in [3.05, 3.63) is 71.5 Å². The fourth-order valence-corrected chi connectivity index (χ4v) is 3.92. The van der Waals surface area contributed by atoms with Gasteiger partial charge in [0, 0.05) is 36.9 Å². The monoisotopic (exact) mass is 405 g/mol. The van der Waals surface area contributed by atoms with Crippen LogP contribution in [0, 0.1) is 0 Å². The number of hydrogen-bond acceptors (Lipinski definition) is 6. The number of piperazine rings is 1. The first-order chi connectivity index (χ1) is 14.3. The minimum absolute atomic E-state index is 0.522. The summed E-state index contributed by atoms with van der Waals surface area (Å²) in [6.45, 7) is 4.14. The molecule has 0 saturated carbocycles. The quantitative estimate of drug-likeness (QED) is 0.519. The summed E-state index contributed by atoms with van der Waals surface area (Å²) < 4.78 is 1.78. The first-order valence-electron chi connectivity index (χ1n) is 9.62. The molecular weight excluding hydrogens is 386 g/mol. The SMILES string of the molecule is Clc1ccccc1Cn1nnc2c(N3CCN(c4ccccc4)CC3)ncnc21. The number of benzene rings is 2. The largest absolute Gasteiger partial charge is 0.368 e. The Labute approximate surface area is 173 Å². The van der Waals surface area contributed by atoms with E-state index in [1.54, 1.807) is 11.0 Å². The van der Waals surface area contributed by atoms with Crippen molar-refractivity contribution in [1.29, 1.82) is 0 Å². The fraction of sp³-hybridized carbons (Fsp3) is 0.238. The van der Waals surface area contributed by atoms with Gasteiger partial charge in [-0.15, -0.1) is 5.10 Å². The third-order valence-corrected chi connectivity index (χ3v) is 5.63. The van der Waals surface area contributed by atoms with E-state index in [4.69, 9.17) is 11.6 Å². The summed E-state index contributed by atoms with van der Waals surface area (Å²) in [4.78, 5) is 13.6. The van der Waals surface area contributed by atoms with Crippen LogP contribution in [0.5, 0.6) is 0 Å². The molecule has 0 amide bonds. The minimum Gasteiger partial charge on any atom is -0.368 e. The van der Waals surface area contributed by atoms with Crippen molar-refractivity contribution in [2.45, 2.75) is 6.54 Å². The summed E-state index contributed by atoms with van der Waals surface area (Å²) in [5, 5.41) is 9.42. The van der Waals surface area contributed by atoms with Gasteiger partial charge in [-0.1, -0.05) is 53.2 Å². The Balaban J connectivity index is 1.38. The summed E-state index contributed by atoms with van der Waals surface area (Å²) in [7, 11) is 0. The van der Waals surface area contributed by atoms with E-state index < -0.39 is 0 Å². The van der Waals surface area contributed by atoms with Gasteiger partial charge in [-0.05, 0) is 23.8 Å². The first kappa shape index (κ1) is 17.9. The molecule has 146 valence electrons. The molecule has 0 unspecified atom stereocenters. The van der Waals surface area contributed by atoms with E-state index in [0.717, 1.165) is 48.7 Å². The number of fused-ring (bicyclic) bond motifs is 1. The van der Waals surface area contributed by atoms with Crippen LogP contribution in [0.25, 0.3) is 11.2 Å². The molecule has 0 radical (unpaired) electrons. The summed E-state index contributed by atoms with van der Waals surface area (Å²) in [6, 6.07) is 18.2. The van der Waals surface area contributed by atoms with E-state index in [-0.39, 0.29) is 0 Å². The van der Waals surface area contributed by atoms with Crippen molar-refractivity contribution in [2.24, 2.45) is 0 Å². The van der Waals surface area contributed by atoms with Crippen molar-refractivity contribution in [3.8, 4) is 0 Å². The molecule has 1 saturated heterocycles. The second-order valence-corrected chi connectivity index (χ2v) is 7.42. The predicted octanol–water partition coefficient (Wildman–Crippen LogP) is 3.25. The molecule has 2 aromatic carbocycles. The van der Waals surface area contributed by atoms with Gasteiger partial charge in [0.2, 0.25) is 0 Å². The Bertz CT molecular complexity index is 1120. The number of nitrogens with zero attached hydrogens (tertiary/aromatic N) is 7. The second kappa shape index (κ2) is 7.67. The Morgan fingerprint density at radius 1 is 0.828 bits per heavy atom. The number of para-hydroxylation sites is 1. The Kier molecular flexibility index (Phi) is 4.73. The van der Waals surface area contributed by atoms with E-state index in [1.165, 1.54) is 5.69 Å². The molecule has 0 aliphatic carbocycles. The van der Waals surface area contributed by atoms with Crippen molar-refractivity contribution in [1.82, 2.24) is 25.0 Å². The number of anilines is 2. The molecule has 0 spiro atoms. The highest BCUT2D eigenvalue weighted by Gasteiger charge is 2.22. The molecule has 0 bridgehead atoms. The van der Waals surface area contributed by atoms with Gasteiger partial charge in [-0.2, -0.15) is 0 Å². The van der Waals surface area contributed by atoms with Crippen LogP contribution < -0.4 is 9.80 Å². The van der Waals surface area contributed by atoms with Crippen molar-refractivity contribution in [3.63, 3.8) is 0 Å². The molecule has 0 atom stereocenters. The standard InChI is InChI=1S/C21H20ClN7/c22-18-9-5-4-6-16(18)14-29-21-19(25-26-29)20(23-15-24-21)28-12-10-27(11-13-28)17-7-2-1-3-8-17/h1-9,15H,10-14H2. The Morgan fingerprint density at radius 2 is 1.55 bits per heavy atom. The number of rotatable bonds is 4. The average molecular weight is 406 g/mol. The van der Waals surface area contributed by atoms with Crippen LogP contribution >= 0.6 is 11.6 Å². The maximum atomic E-state index is 6.30. The van der Waals surface area contributed by atoms with Crippen LogP contribution in [0.1, 0.15) is 5.56 Å². The Hall–Kier alpha value is -3.19. The predicted molar refractivity (Wildman–Crippen MR) is 115 cm³/mol. The van der Waals surface area contributed by atoms with Gasteiger partial charge in [0.05, 0.1) is 6.54 Å². The molecule has 29 heavy (non-hydrogen) atoms. The van der Waals surface area contributed by atoms with E-state index in [0.29, 0.717) is 11.6 Å². The van der Waals surface area contributed by atoms with E-state index in [2.05, 4.69) is 54.3 Å². The lowest BCUT2D eigenvalue weighted by atomic mass is 10.2. The molecule has 8 heteroatoms. The smallest absolute Gasteiger partial charge is 0.184 e. The van der Waals surface area contributed by atoms with E-state index in [9.17, 15) is 0 Å². The lowest BCUT2D eigenvalue weighted by molar-refractivity contribution is 0.648. The number of hydrogen-bond donors (Lipinski definition) is 0. The zero-order chi connectivity index (χ0) is 19.6. The fourth-order valence-electron chi connectivity index (χ4n) is 3.72. The van der Waals surface area contributed by atoms with Crippen molar-refractivity contribution < 1.29 is 0 Å². The normalized spacial score (nSPS) is 14.5. The molecule has 0 N–H and O–H groups in total. The minimum atomic E-state index is 0.522. The van der Waals surface area contributed by atoms with Gasteiger partial charge in [0.25, 0.3) is 0 Å². The third kappa shape index (κ3) is 3.49. The topological polar surface area (TPSA) is 63.0 Å². The highest BCUT2D eigenvalue weighted by molar-refractivity contribution is 6.31. The zero-order valence-corrected chi connectivity index (χ0v) is 16.6. The van der Waals surface area contributed by atoms with Crippen LogP contribution in [0.3, 0.4) is 0 Å². The van der Waals surface area contributed by atoms with Crippen LogP contribution in [0.2, 0.25) is 5.02 Å². The summed E-state index contributed by atoms with van der Waals surface area (Å²) in [5.41, 5.74) is 3.69. The average Bonchev–Trinajstić information content (AvgIpc) is 3.19. The van der Waals surface area contributed by atoms with E-state index >= 15 is 0 Å². The van der Waals surface area contributed by atoms with Crippen LogP contribution in [-0.2, 0) is 6.54 Å². The summed E-state index contributed by atoms with van der Waals surface area (Å²) in [5.74, 6) is 0.841. The lowest BCUT2D eigenvalue weighted by Gasteiger charge is -2.36. The highest BCUT2D eigenvalue weighted by atomic mass is 35.5. The molecule has 2 aromatic heterocycles. The maximum absolute atomic E-state index is 6.30. The van der Waals surface area contributed by atoms with Gasteiger partial charge in [0.1, 0.15) is 6.33 Å². The first-order valence-corrected chi connectivity index (χ1v) is 10.00. The second-order valence-electron chi connectivity index (χ2n) is 7.02. The summed E-state index contributed by atoms with van der Waals surface area (Å²) in [6.07, 6.45) is 1.59. The molecule has 7 nitrogen and oxygen atoms in total. The molecular formula is C21H20ClN7. The maximum Gasteiger partial charge on any atom is 0.184 e. The molecule has 4 aromatic rings. The van der Waals surface area contributed by atoms with Gasteiger partial charge in [-0.3, -0.25) is 0 Å². The molecule has 1 aliphatic rings. The van der Waals surface area contributed by atoms with Crippen LogP contribution in [0.15, 0.2) is 60.9 Å².